The zero-order valence-electron chi connectivity index (χ0n) is 14.5. The number of carbonyl (C=O) groups excluding carboxylic acids is 1. The van der Waals surface area contributed by atoms with Crippen LogP contribution in [0.1, 0.15) is 36.3 Å². The second kappa shape index (κ2) is 7.79. The minimum absolute atomic E-state index is 0.126. The van der Waals surface area contributed by atoms with Crippen LogP contribution < -0.4 is 10.6 Å². The Morgan fingerprint density at radius 1 is 1.28 bits per heavy atom. The minimum atomic E-state index is -0.170. The summed E-state index contributed by atoms with van der Waals surface area (Å²) in [6.45, 7) is 4.69. The highest BCUT2D eigenvalue weighted by Crippen LogP contribution is 2.18. The molecule has 1 amide bonds. The zero-order valence-corrected chi connectivity index (χ0v) is 14.5. The quantitative estimate of drug-likeness (QED) is 0.618. The van der Waals surface area contributed by atoms with Crippen molar-refractivity contribution in [1.29, 1.82) is 0 Å². The van der Waals surface area contributed by atoms with Crippen LogP contribution in [-0.2, 0) is 6.42 Å². The maximum absolute atomic E-state index is 12.1. The van der Waals surface area contributed by atoms with E-state index in [1.807, 2.05) is 32.2 Å². The predicted molar refractivity (Wildman–Crippen MR) is 99.7 cm³/mol. The van der Waals surface area contributed by atoms with Crippen molar-refractivity contribution in [2.75, 3.05) is 11.9 Å². The number of anilines is 1. The van der Waals surface area contributed by atoms with E-state index in [0.717, 1.165) is 18.4 Å². The molecule has 1 atom stereocenters. The van der Waals surface area contributed by atoms with Crippen LogP contribution in [0.3, 0.4) is 0 Å². The molecule has 0 radical (unpaired) electrons. The molecule has 0 bridgehead atoms. The Labute approximate surface area is 147 Å². The van der Waals surface area contributed by atoms with E-state index in [4.69, 9.17) is 0 Å². The molecule has 0 fully saturated rings. The number of hydrogen-bond acceptors (Lipinski definition) is 4. The number of aromatic amines is 1. The maximum atomic E-state index is 12.1. The van der Waals surface area contributed by atoms with Crippen molar-refractivity contribution in [3.63, 3.8) is 0 Å². The van der Waals surface area contributed by atoms with E-state index >= 15 is 0 Å². The van der Waals surface area contributed by atoms with Crippen LogP contribution in [-0.4, -0.2) is 33.4 Å². The first-order chi connectivity index (χ1) is 12.2. The molecule has 3 rings (SSSR count). The molecule has 2 aromatic heterocycles. The number of benzene rings is 1. The summed E-state index contributed by atoms with van der Waals surface area (Å²) >= 11 is 0. The largest absolute Gasteiger partial charge is 0.361 e. The van der Waals surface area contributed by atoms with Gasteiger partial charge in [-0.2, -0.15) is 0 Å². The van der Waals surface area contributed by atoms with Crippen LogP contribution in [0, 0.1) is 0 Å². The zero-order chi connectivity index (χ0) is 17.6. The summed E-state index contributed by atoms with van der Waals surface area (Å²) in [5.41, 5.74) is 2.76. The van der Waals surface area contributed by atoms with Crippen LogP contribution in [0.15, 0.2) is 42.7 Å². The van der Waals surface area contributed by atoms with E-state index in [-0.39, 0.29) is 11.9 Å². The van der Waals surface area contributed by atoms with Gasteiger partial charge in [0, 0.05) is 35.9 Å². The predicted octanol–water partition coefficient (Wildman–Crippen LogP) is 3.14. The minimum Gasteiger partial charge on any atom is -0.361 e. The second-order valence-electron chi connectivity index (χ2n) is 6.08. The Kier molecular flexibility index (Phi) is 5.28. The highest BCUT2D eigenvalue weighted by Gasteiger charge is 2.11. The first-order valence-corrected chi connectivity index (χ1v) is 8.60. The molecule has 1 aromatic carbocycles. The van der Waals surface area contributed by atoms with E-state index in [9.17, 15) is 4.79 Å². The monoisotopic (exact) mass is 337 g/mol. The third-order valence-electron chi connectivity index (χ3n) is 4.23. The van der Waals surface area contributed by atoms with Crippen molar-refractivity contribution in [2.24, 2.45) is 0 Å². The first-order valence-electron chi connectivity index (χ1n) is 8.60. The van der Waals surface area contributed by atoms with Gasteiger partial charge in [-0.25, -0.2) is 9.97 Å². The first kappa shape index (κ1) is 17.0. The van der Waals surface area contributed by atoms with Gasteiger partial charge in [-0.05, 0) is 37.5 Å². The van der Waals surface area contributed by atoms with E-state index in [1.54, 1.807) is 12.3 Å². The molecule has 0 spiro atoms. The van der Waals surface area contributed by atoms with Gasteiger partial charge in [0.15, 0.2) is 0 Å². The lowest BCUT2D eigenvalue weighted by molar-refractivity contribution is 0.0934. The smallest absolute Gasteiger partial charge is 0.270 e. The number of nitrogens with one attached hydrogen (secondary N) is 3. The number of para-hydroxylation sites is 1. The van der Waals surface area contributed by atoms with E-state index in [2.05, 4.69) is 37.7 Å². The van der Waals surface area contributed by atoms with Gasteiger partial charge >= 0.3 is 0 Å². The summed E-state index contributed by atoms with van der Waals surface area (Å²) < 4.78 is 0. The molecule has 0 saturated heterocycles. The number of amides is 1. The van der Waals surface area contributed by atoms with Gasteiger partial charge in [0.05, 0.1) is 0 Å². The summed E-state index contributed by atoms with van der Waals surface area (Å²) in [5.74, 6) is 0.299. The Hall–Kier alpha value is -2.89. The van der Waals surface area contributed by atoms with Gasteiger partial charge in [-0.15, -0.1) is 0 Å². The summed E-state index contributed by atoms with van der Waals surface area (Å²) in [5, 5.41) is 7.33. The molecule has 6 heteroatoms. The molecule has 1 unspecified atom stereocenters. The van der Waals surface area contributed by atoms with Gasteiger partial charge < -0.3 is 15.6 Å². The molecule has 130 valence electrons. The molecular weight excluding hydrogens is 314 g/mol. The van der Waals surface area contributed by atoms with E-state index < -0.39 is 0 Å². The average Bonchev–Trinajstić information content (AvgIpc) is 3.05. The number of nitrogens with zero attached hydrogens (tertiary/aromatic N) is 2. The second-order valence-corrected chi connectivity index (χ2v) is 6.08. The van der Waals surface area contributed by atoms with Crippen molar-refractivity contribution in [3.8, 4) is 0 Å². The van der Waals surface area contributed by atoms with Crippen molar-refractivity contribution in [1.82, 2.24) is 20.3 Å². The summed E-state index contributed by atoms with van der Waals surface area (Å²) in [4.78, 5) is 23.9. The lowest BCUT2D eigenvalue weighted by Gasteiger charge is -2.11. The molecule has 3 aromatic rings. The molecule has 0 saturated carbocycles. The highest BCUT2D eigenvalue weighted by atomic mass is 16.1. The third kappa shape index (κ3) is 4.15. The van der Waals surface area contributed by atoms with Crippen LogP contribution >= 0.6 is 0 Å². The molecule has 2 heterocycles. The van der Waals surface area contributed by atoms with Gasteiger partial charge in [0.1, 0.15) is 5.69 Å². The number of hydrogen-bond donors (Lipinski definition) is 3. The molecule has 0 aliphatic carbocycles. The lowest BCUT2D eigenvalue weighted by atomic mass is 10.1. The summed E-state index contributed by atoms with van der Waals surface area (Å²) in [7, 11) is 0. The number of carbonyl (C=O) groups is 1. The molecule has 0 aliphatic rings. The van der Waals surface area contributed by atoms with Gasteiger partial charge in [0.25, 0.3) is 5.91 Å². The standard InChI is InChI=1S/C19H23N5O/c1-3-13(2)23-18(25)17-9-11-21-19(24-17)20-10-8-14-12-22-16-7-5-4-6-15(14)16/h4-7,9,11-13,22H,3,8,10H2,1-2H3,(H,23,25)(H,20,21,24). The van der Waals surface area contributed by atoms with Gasteiger partial charge in [0.2, 0.25) is 5.95 Å². The summed E-state index contributed by atoms with van der Waals surface area (Å²) in [6, 6.07) is 9.98. The highest BCUT2D eigenvalue weighted by molar-refractivity contribution is 5.92. The van der Waals surface area contributed by atoms with E-state index in [1.165, 1.54) is 10.9 Å². The van der Waals surface area contributed by atoms with Crippen molar-refractivity contribution < 1.29 is 4.79 Å². The maximum Gasteiger partial charge on any atom is 0.270 e. The lowest BCUT2D eigenvalue weighted by Crippen LogP contribution is -2.32. The fourth-order valence-corrected chi connectivity index (χ4v) is 2.62. The van der Waals surface area contributed by atoms with Crippen LogP contribution in [0.5, 0.6) is 0 Å². The molecule has 0 aliphatic heterocycles. The van der Waals surface area contributed by atoms with Crippen molar-refractivity contribution in [2.45, 2.75) is 32.7 Å². The third-order valence-corrected chi connectivity index (χ3v) is 4.23. The SMILES string of the molecule is CCC(C)NC(=O)c1ccnc(NCCc2c[nH]c3ccccc23)n1. The Bertz CT molecular complexity index is 858. The Morgan fingerprint density at radius 3 is 2.96 bits per heavy atom. The van der Waals surface area contributed by atoms with Crippen molar-refractivity contribution >= 4 is 22.8 Å². The molecule has 25 heavy (non-hydrogen) atoms. The number of fused-ring (bicyclic) bond motifs is 1. The van der Waals surface area contributed by atoms with Gasteiger partial charge in [-0.1, -0.05) is 25.1 Å². The fourth-order valence-electron chi connectivity index (χ4n) is 2.62. The van der Waals surface area contributed by atoms with Crippen molar-refractivity contribution in [3.05, 3.63) is 54.0 Å². The number of H-pyrrole nitrogens is 1. The Balaban J connectivity index is 1.60. The van der Waals surface area contributed by atoms with Gasteiger partial charge in [-0.3, -0.25) is 4.79 Å². The molecule has 6 nitrogen and oxygen atoms in total. The molecular formula is C19H23N5O. The van der Waals surface area contributed by atoms with Crippen LogP contribution in [0.4, 0.5) is 5.95 Å². The Morgan fingerprint density at radius 2 is 2.12 bits per heavy atom. The van der Waals surface area contributed by atoms with Crippen LogP contribution in [0.25, 0.3) is 10.9 Å². The fraction of sp³-hybridized carbons (Fsp3) is 0.316. The topological polar surface area (TPSA) is 82.7 Å². The van der Waals surface area contributed by atoms with Crippen LogP contribution in [0.2, 0.25) is 0 Å². The average molecular weight is 337 g/mol. The number of rotatable bonds is 7. The normalized spacial score (nSPS) is 12.1. The van der Waals surface area contributed by atoms with E-state index in [0.29, 0.717) is 18.2 Å². The number of aromatic nitrogens is 3. The molecule has 3 N–H and O–H groups in total. The summed E-state index contributed by atoms with van der Waals surface area (Å²) in [6.07, 6.45) is 5.36.